The summed E-state index contributed by atoms with van der Waals surface area (Å²) in [7, 11) is 3.09. The van der Waals surface area contributed by atoms with Gasteiger partial charge in [0, 0.05) is 24.2 Å². The SMILES string of the molecule is COc1cccc(OC)c1-n1c(C2CCCC2)nc(=O)c(-c2ccc(Cc3ccc(Cl)cn3)o2)c1O. The minimum Gasteiger partial charge on any atom is -0.494 e. The molecule has 5 rings (SSSR count). The number of hydrogen-bond acceptors (Lipinski definition) is 7. The number of benzene rings is 1. The molecule has 1 N–H and O–H groups in total. The van der Waals surface area contributed by atoms with E-state index in [-0.39, 0.29) is 23.1 Å². The summed E-state index contributed by atoms with van der Waals surface area (Å²) in [6.07, 6.45) is 5.79. The maximum absolute atomic E-state index is 13.3. The number of nitrogens with zero attached hydrogens (tertiary/aromatic N) is 3. The summed E-state index contributed by atoms with van der Waals surface area (Å²) in [6.45, 7) is 0. The van der Waals surface area contributed by atoms with Gasteiger partial charge in [-0.2, -0.15) is 4.98 Å². The van der Waals surface area contributed by atoms with Crippen LogP contribution in [0.3, 0.4) is 0 Å². The smallest absolute Gasteiger partial charge is 0.287 e. The lowest BCUT2D eigenvalue weighted by atomic mass is 10.1. The number of para-hydroxylation sites is 1. The largest absolute Gasteiger partial charge is 0.494 e. The number of ether oxygens (including phenoxy) is 2. The van der Waals surface area contributed by atoms with Gasteiger partial charge in [-0.3, -0.25) is 14.3 Å². The zero-order chi connectivity index (χ0) is 25.2. The Labute approximate surface area is 213 Å². The van der Waals surface area contributed by atoms with Gasteiger partial charge in [-0.05, 0) is 49.2 Å². The Balaban J connectivity index is 1.66. The van der Waals surface area contributed by atoms with E-state index in [1.165, 1.54) is 0 Å². The van der Waals surface area contributed by atoms with E-state index in [0.29, 0.717) is 40.2 Å². The van der Waals surface area contributed by atoms with Gasteiger partial charge < -0.3 is 19.0 Å². The quantitative estimate of drug-likeness (QED) is 0.352. The lowest BCUT2D eigenvalue weighted by Crippen LogP contribution is -2.22. The monoisotopic (exact) mass is 507 g/mol. The summed E-state index contributed by atoms with van der Waals surface area (Å²) in [4.78, 5) is 22.0. The molecule has 8 nitrogen and oxygen atoms in total. The Morgan fingerprint density at radius 3 is 2.44 bits per heavy atom. The van der Waals surface area contributed by atoms with E-state index < -0.39 is 5.56 Å². The van der Waals surface area contributed by atoms with E-state index in [4.69, 9.17) is 25.5 Å². The molecule has 1 aromatic carbocycles. The highest BCUT2D eigenvalue weighted by Crippen LogP contribution is 2.42. The van der Waals surface area contributed by atoms with Crippen LogP contribution in [0.15, 0.2) is 57.9 Å². The molecule has 36 heavy (non-hydrogen) atoms. The zero-order valence-electron chi connectivity index (χ0n) is 20.0. The standard InChI is InChI=1S/C27H26ClN3O5/c1-34-21-8-5-9-22(35-2)24(21)31-25(16-6-3-4-7-16)30-26(32)23(27(31)33)20-13-12-19(36-20)14-18-11-10-17(28)15-29-18/h5,8-13,15-16,33H,3-4,6-7,14H2,1-2H3. The molecular weight excluding hydrogens is 482 g/mol. The first-order chi connectivity index (χ1) is 17.5. The summed E-state index contributed by atoms with van der Waals surface area (Å²) < 4.78 is 18.8. The summed E-state index contributed by atoms with van der Waals surface area (Å²) in [5.74, 6) is 2.00. The highest BCUT2D eigenvalue weighted by atomic mass is 35.5. The van der Waals surface area contributed by atoms with Crippen molar-refractivity contribution in [2.75, 3.05) is 14.2 Å². The topological polar surface area (TPSA) is 99.6 Å². The first-order valence-electron chi connectivity index (χ1n) is 11.8. The summed E-state index contributed by atoms with van der Waals surface area (Å²) in [5, 5.41) is 12.2. The number of methoxy groups -OCH3 is 2. The van der Waals surface area contributed by atoms with Crippen molar-refractivity contribution in [1.29, 1.82) is 0 Å². The first-order valence-corrected chi connectivity index (χ1v) is 12.1. The Bertz CT molecular complexity index is 1420. The second-order valence-electron chi connectivity index (χ2n) is 8.71. The van der Waals surface area contributed by atoms with E-state index in [1.807, 2.05) is 0 Å². The van der Waals surface area contributed by atoms with Crippen LogP contribution >= 0.6 is 11.6 Å². The average molecular weight is 508 g/mol. The number of aromatic nitrogens is 3. The molecule has 4 aromatic rings. The number of rotatable bonds is 7. The maximum Gasteiger partial charge on any atom is 0.287 e. The molecule has 1 aliphatic carbocycles. The van der Waals surface area contributed by atoms with E-state index in [2.05, 4.69) is 9.97 Å². The van der Waals surface area contributed by atoms with Gasteiger partial charge in [0.15, 0.2) is 0 Å². The molecule has 1 saturated carbocycles. The molecule has 3 heterocycles. The Morgan fingerprint density at radius 2 is 1.81 bits per heavy atom. The fraction of sp³-hybridized carbons (Fsp3) is 0.296. The third-order valence-electron chi connectivity index (χ3n) is 6.49. The fourth-order valence-corrected chi connectivity index (χ4v) is 4.88. The van der Waals surface area contributed by atoms with E-state index in [0.717, 1.165) is 31.4 Å². The molecular formula is C27H26ClN3O5. The Morgan fingerprint density at radius 1 is 1.08 bits per heavy atom. The molecule has 0 spiro atoms. The molecule has 1 fully saturated rings. The number of aromatic hydroxyl groups is 1. The third kappa shape index (κ3) is 4.44. The van der Waals surface area contributed by atoms with E-state index >= 15 is 0 Å². The maximum atomic E-state index is 13.3. The first kappa shape index (κ1) is 23.9. The molecule has 3 aromatic heterocycles. The molecule has 0 atom stereocenters. The van der Waals surface area contributed by atoms with Crippen LogP contribution in [0.25, 0.3) is 17.0 Å². The van der Waals surface area contributed by atoms with Gasteiger partial charge in [-0.1, -0.05) is 30.5 Å². The number of pyridine rings is 1. The molecule has 186 valence electrons. The van der Waals surface area contributed by atoms with Gasteiger partial charge in [0.2, 0.25) is 5.88 Å². The molecule has 0 amide bonds. The van der Waals surface area contributed by atoms with Crippen molar-refractivity contribution < 1.29 is 19.0 Å². The highest BCUT2D eigenvalue weighted by molar-refractivity contribution is 6.30. The lowest BCUT2D eigenvalue weighted by molar-refractivity contribution is 0.377. The van der Waals surface area contributed by atoms with Gasteiger partial charge in [-0.15, -0.1) is 0 Å². The molecule has 0 bridgehead atoms. The van der Waals surface area contributed by atoms with E-state index in [9.17, 15) is 9.90 Å². The van der Waals surface area contributed by atoms with Crippen molar-refractivity contribution in [3.05, 3.63) is 81.3 Å². The van der Waals surface area contributed by atoms with Crippen LogP contribution < -0.4 is 15.0 Å². The zero-order valence-corrected chi connectivity index (χ0v) is 20.8. The van der Waals surface area contributed by atoms with Gasteiger partial charge >= 0.3 is 0 Å². The summed E-state index contributed by atoms with van der Waals surface area (Å²) in [6, 6.07) is 12.3. The van der Waals surface area contributed by atoms with Crippen molar-refractivity contribution in [1.82, 2.24) is 14.5 Å². The molecule has 1 aliphatic rings. The summed E-state index contributed by atoms with van der Waals surface area (Å²) >= 11 is 5.93. The van der Waals surface area contributed by atoms with Crippen molar-refractivity contribution >= 4 is 11.6 Å². The highest BCUT2D eigenvalue weighted by Gasteiger charge is 2.30. The number of hydrogen-bond donors (Lipinski definition) is 1. The van der Waals surface area contributed by atoms with Crippen LogP contribution in [0.5, 0.6) is 17.4 Å². The van der Waals surface area contributed by atoms with Crippen LogP contribution in [0.2, 0.25) is 5.02 Å². The Hall–Kier alpha value is -3.78. The molecule has 0 aliphatic heterocycles. The predicted octanol–water partition coefficient (Wildman–Crippen LogP) is 5.51. The van der Waals surface area contributed by atoms with Crippen LogP contribution in [0, 0.1) is 0 Å². The molecule has 0 saturated heterocycles. The lowest BCUT2D eigenvalue weighted by Gasteiger charge is -2.23. The normalized spacial score (nSPS) is 13.8. The molecule has 9 heteroatoms. The van der Waals surface area contributed by atoms with Crippen LogP contribution in [0.1, 0.15) is 48.9 Å². The minimum atomic E-state index is -0.551. The molecule has 0 unspecified atom stereocenters. The Kier molecular flexibility index (Phi) is 6.69. The second kappa shape index (κ2) is 10.1. The van der Waals surface area contributed by atoms with Crippen molar-refractivity contribution in [2.45, 2.75) is 38.0 Å². The summed E-state index contributed by atoms with van der Waals surface area (Å²) in [5.41, 5.74) is 0.660. The second-order valence-corrected chi connectivity index (χ2v) is 9.15. The molecule has 0 radical (unpaired) electrons. The van der Waals surface area contributed by atoms with Crippen molar-refractivity contribution in [3.63, 3.8) is 0 Å². The van der Waals surface area contributed by atoms with Gasteiger partial charge in [0.05, 0.1) is 19.2 Å². The van der Waals surface area contributed by atoms with Crippen molar-refractivity contribution in [3.8, 4) is 34.4 Å². The predicted molar refractivity (Wildman–Crippen MR) is 136 cm³/mol. The van der Waals surface area contributed by atoms with E-state index in [1.54, 1.807) is 67.4 Å². The van der Waals surface area contributed by atoms with Crippen molar-refractivity contribution in [2.24, 2.45) is 0 Å². The van der Waals surface area contributed by atoms with Crippen LogP contribution in [-0.4, -0.2) is 33.9 Å². The number of furan rings is 1. The van der Waals surface area contributed by atoms with Crippen LogP contribution in [-0.2, 0) is 6.42 Å². The van der Waals surface area contributed by atoms with Gasteiger partial charge in [0.1, 0.15) is 40.1 Å². The number of halogens is 1. The third-order valence-corrected chi connectivity index (χ3v) is 6.72. The van der Waals surface area contributed by atoms with Gasteiger partial charge in [-0.25, -0.2) is 0 Å². The van der Waals surface area contributed by atoms with Crippen LogP contribution in [0.4, 0.5) is 0 Å². The fourth-order valence-electron chi connectivity index (χ4n) is 4.77. The van der Waals surface area contributed by atoms with Gasteiger partial charge in [0.25, 0.3) is 5.56 Å². The minimum absolute atomic E-state index is 0.0235. The average Bonchev–Trinajstić information content (AvgIpc) is 3.58.